The van der Waals surface area contributed by atoms with Gasteiger partial charge in [-0.25, -0.2) is 13.1 Å². The summed E-state index contributed by atoms with van der Waals surface area (Å²) in [6, 6.07) is 4.53. The molecule has 0 spiro atoms. The van der Waals surface area contributed by atoms with Crippen molar-refractivity contribution in [1.82, 2.24) is 4.72 Å². The molecule has 0 amide bonds. The maximum atomic E-state index is 12.0. The summed E-state index contributed by atoms with van der Waals surface area (Å²) in [6.45, 7) is 3.26. The minimum absolute atomic E-state index is 0.0622. The van der Waals surface area contributed by atoms with E-state index >= 15 is 0 Å². The SMILES string of the molecule is CCNS(=O)(=O)c1ccc(N)c(N(CCO)CCOC)c1. The third-order valence-corrected chi connectivity index (χ3v) is 4.47. The predicted octanol–water partition coefficient (Wildman–Crippen LogP) is 0.0121. The smallest absolute Gasteiger partial charge is 0.240 e. The summed E-state index contributed by atoms with van der Waals surface area (Å²) in [6.07, 6.45) is 0. The number of nitrogens with two attached hydrogens (primary N) is 1. The van der Waals surface area contributed by atoms with Crippen molar-refractivity contribution in [1.29, 1.82) is 0 Å². The van der Waals surface area contributed by atoms with Gasteiger partial charge in [-0.2, -0.15) is 0 Å². The van der Waals surface area contributed by atoms with E-state index in [9.17, 15) is 8.42 Å². The van der Waals surface area contributed by atoms with Crippen LogP contribution in [0.15, 0.2) is 23.1 Å². The van der Waals surface area contributed by atoms with Gasteiger partial charge in [0.05, 0.1) is 29.5 Å². The average molecular weight is 317 g/mol. The van der Waals surface area contributed by atoms with Crippen molar-refractivity contribution in [2.45, 2.75) is 11.8 Å². The van der Waals surface area contributed by atoms with Crippen LogP contribution in [0.25, 0.3) is 0 Å². The van der Waals surface area contributed by atoms with Gasteiger partial charge >= 0.3 is 0 Å². The van der Waals surface area contributed by atoms with E-state index in [2.05, 4.69) is 4.72 Å². The van der Waals surface area contributed by atoms with Crippen LogP contribution < -0.4 is 15.4 Å². The number of anilines is 2. The Bertz CT molecular complexity index is 548. The first-order valence-corrected chi connectivity index (χ1v) is 8.18. The number of sulfonamides is 1. The minimum atomic E-state index is -3.54. The third-order valence-electron chi connectivity index (χ3n) is 2.92. The van der Waals surface area contributed by atoms with Crippen LogP contribution in [0.3, 0.4) is 0 Å². The maximum Gasteiger partial charge on any atom is 0.240 e. The number of nitrogen functional groups attached to an aromatic ring is 1. The number of aliphatic hydroxyl groups excluding tert-OH is 1. The lowest BCUT2D eigenvalue weighted by atomic mass is 10.2. The highest BCUT2D eigenvalue weighted by atomic mass is 32.2. The number of ether oxygens (including phenoxy) is 1. The van der Waals surface area contributed by atoms with Crippen LogP contribution in [0.5, 0.6) is 0 Å². The van der Waals surface area contributed by atoms with Crippen molar-refractivity contribution in [2.75, 3.05) is 50.6 Å². The second-order valence-electron chi connectivity index (χ2n) is 4.43. The largest absolute Gasteiger partial charge is 0.397 e. The van der Waals surface area contributed by atoms with Crippen molar-refractivity contribution in [3.05, 3.63) is 18.2 Å². The van der Waals surface area contributed by atoms with Crippen LogP contribution in [0.1, 0.15) is 6.92 Å². The van der Waals surface area contributed by atoms with Crippen molar-refractivity contribution in [3.63, 3.8) is 0 Å². The number of nitrogens with one attached hydrogen (secondary N) is 1. The summed E-state index contributed by atoms with van der Waals surface area (Å²) in [5.74, 6) is 0. The van der Waals surface area contributed by atoms with Crippen LogP contribution in [0.2, 0.25) is 0 Å². The topological polar surface area (TPSA) is 105 Å². The van der Waals surface area contributed by atoms with Crippen LogP contribution in [-0.2, 0) is 14.8 Å². The number of rotatable bonds is 9. The second kappa shape index (κ2) is 8.18. The molecular formula is C13H23N3O4S. The summed E-state index contributed by atoms with van der Waals surface area (Å²) < 4.78 is 31.6. The van der Waals surface area contributed by atoms with Gasteiger partial charge < -0.3 is 20.5 Å². The van der Waals surface area contributed by atoms with Gasteiger partial charge in [0.25, 0.3) is 0 Å². The monoisotopic (exact) mass is 317 g/mol. The molecule has 0 aliphatic carbocycles. The quantitative estimate of drug-likeness (QED) is 0.554. The van der Waals surface area contributed by atoms with E-state index in [1.807, 2.05) is 0 Å². The van der Waals surface area contributed by atoms with Gasteiger partial charge in [-0.1, -0.05) is 6.92 Å². The molecule has 0 unspecified atom stereocenters. The minimum Gasteiger partial charge on any atom is -0.397 e. The Morgan fingerprint density at radius 1 is 1.38 bits per heavy atom. The van der Waals surface area contributed by atoms with Gasteiger partial charge in [-0.3, -0.25) is 0 Å². The average Bonchev–Trinajstić information content (AvgIpc) is 2.44. The molecule has 0 heterocycles. The Balaban J connectivity index is 3.15. The molecule has 1 aromatic rings. The molecule has 7 nitrogen and oxygen atoms in total. The van der Waals surface area contributed by atoms with E-state index in [0.717, 1.165) is 0 Å². The molecule has 0 aliphatic heterocycles. The van der Waals surface area contributed by atoms with Gasteiger partial charge in [-0.15, -0.1) is 0 Å². The maximum absolute atomic E-state index is 12.0. The fraction of sp³-hybridized carbons (Fsp3) is 0.538. The van der Waals surface area contributed by atoms with E-state index in [1.165, 1.54) is 12.1 Å². The summed E-state index contributed by atoms with van der Waals surface area (Å²) in [5.41, 5.74) is 6.95. The number of hydrogen-bond donors (Lipinski definition) is 3. The Kier molecular flexibility index (Phi) is 6.90. The van der Waals surface area contributed by atoms with Crippen LogP contribution in [0, 0.1) is 0 Å². The standard InChI is InChI=1S/C13H23N3O4S/c1-3-15-21(18,19)11-4-5-12(14)13(10-11)16(6-8-17)7-9-20-2/h4-5,10,15,17H,3,6-9,14H2,1-2H3. The highest BCUT2D eigenvalue weighted by Gasteiger charge is 2.17. The first kappa shape index (κ1) is 17.7. The molecule has 0 aromatic heterocycles. The normalized spacial score (nSPS) is 11.6. The van der Waals surface area contributed by atoms with Crippen molar-refractivity contribution < 1.29 is 18.3 Å². The van der Waals surface area contributed by atoms with Gasteiger partial charge in [0.2, 0.25) is 10.0 Å². The predicted molar refractivity (Wildman–Crippen MR) is 82.9 cm³/mol. The molecule has 4 N–H and O–H groups in total. The molecule has 1 aromatic carbocycles. The summed E-state index contributed by atoms with van der Waals surface area (Å²) in [5, 5.41) is 9.15. The zero-order chi connectivity index (χ0) is 15.9. The third kappa shape index (κ3) is 4.85. The first-order valence-electron chi connectivity index (χ1n) is 6.70. The summed E-state index contributed by atoms with van der Waals surface area (Å²) in [4.78, 5) is 1.94. The molecule has 120 valence electrons. The molecule has 0 atom stereocenters. The fourth-order valence-electron chi connectivity index (χ4n) is 1.91. The highest BCUT2D eigenvalue weighted by molar-refractivity contribution is 7.89. The lowest BCUT2D eigenvalue weighted by Gasteiger charge is -2.25. The van der Waals surface area contributed by atoms with Gasteiger partial charge in [0.1, 0.15) is 0 Å². The van der Waals surface area contributed by atoms with Gasteiger partial charge in [-0.05, 0) is 18.2 Å². The van der Waals surface area contributed by atoms with Crippen LogP contribution in [0.4, 0.5) is 11.4 Å². The molecular weight excluding hydrogens is 294 g/mol. The number of methoxy groups -OCH3 is 1. The molecule has 0 saturated carbocycles. The number of hydrogen-bond acceptors (Lipinski definition) is 6. The van der Waals surface area contributed by atoms with Crippen molar-refractivity contribution in [3.8, 4) is 0 Å². The Morgan fingerprint density at radius 2 is 2.10 bits per heavy atom. The first-order chi connectivity index (χ1) is 9.96. The van der Waals surface area contributed by atoms with Crippen LogP contribution in [-0.4, -0.2) is 53.5 Å². The molecule has 1 rings (SSSR count). The Morgan fingerprint density at radius 3 is 2.67 bits per heavy atom. The van der Waals surface area contributed by atoms with Gasteiger partial charge in [0, 0.05) is 26.7 Å². The molecule has 0 radical (unpaired) electrons. The molecule has 8 heteroatoms. The number of aliphatic hydroxyl groups is 1. The zero-order valence-electron chi connectivity index (χ0n) is 12.4. The van der Waals surface area contributed by atoms with E-state index in [4.69, 9.17) is 15.6 Å². The lowest BCUT2D eigenvalue weighted by molar-refractivity contribution is 0.203. The highest BCUT2D eigenvalue weighted by Crippen LogP contribution is 2.26. The van der Waals surface area contributed by atoms with E-state index in [1.54, 1.807) is 25.0 Å². The van der Waals surface area contributed by atoms with Gasteiger partial charge in [0.15, 0.2) is 0 Å². The van der Waals surface area contributed by atoms with Crippen LogP contribution >= 0.6 is 0 Å². The molecule has 0 fully saturated rings. The molecule has 0 bridgehead atoms. The Labute approximate surface area is 125 Å². The molecule has 0 aliphatic rings. The van der Waals surface area contributed by atoms with E-state index in [-0.39, 0.29) is 11.5 Å². The summed E-state index contributed by atoms with van der Waals surface area (Å²) in [7, 11) is -1.97. The zero-order valence-corrected chi connectivity index (χ0v) is 13.2. The molecule has 0 saturated heterocycles. The summed E-state index contributed by atoms with van der Waals surface area (Å²) >= 11 is 0. The van der Waals surface area contributed by atoms with Crippen molar-refractivity contribution >= 4 is 21.4 Å². The second-order valence-corrected chi connectivity index (χ2v) is 6.19. The lowest BCUT2D eigenvalue weighted by Crippen LogP contribution is -2.31. The van der Waals surface area contributed by atoms with E-state index in [0.29, 0.717) is 37.6 Å². The Hall–Kier alpha value is -1.35. The number of benzene rings is 1. The van der Waals surface area contributed by atoms with E-state index < -0.39 is 10.0 Å². The van der Waals surface area contributed by atoms with Crippen molar-refractivity contribution in [2.24, 2.45) is 0 Å². The fourth-order valence-corrected chi connectivity index (χ4v) is 2.97. The molecule has 21 heavy (non-hydrogen) atoms. The number of nitrogens with zero attached hydrogens (tertiary/aromatic N) is 1.